The van der Waals surface area contributed by atoms with Crippen molar-refractivity contribution >= 4 is 45.2 Å². The summed E-state index contributed by atoms with van der Waals surface area (Å²) in [5, 5.41) is 10.6. The fraction of sp³-hybridized carbons (Fsp3) is 0.100. The summed E-state index contributed by atoms with van der Waals surface area (Å²) in [6.45, 7) is 0.654. The van der Waals surface area contributed by atoms with Crippen LogP contribution in [0, 0.1) is 0 Å². The highest BCUT2D eigenvalue weighted by molar-refractivity contribution is 8.00. The average Bonchev–Trinajstić information content (AvgIpc) is 3.40. The number of thiazole rings is 1. The molecule has 5 rings (SSSR count). The number of nitrogens with zero attached hydrogens (tertiary/aromatic N) is 7. The second kappa shape index (κ2) is 8.50. The van der Waals surface area contributed by atoms with E-state index in [4.69, 9.17) is 0 Å². The number of aromatic nitrogens is 7. The Hall–Kier alpha value is -2.82. The van der Waals surface area contributed by atoms with E-state index < -0.39 is 0 Å². The van der Waals surface area contributed by atoms with Crippen molar-refractivity contribution < 1.29 is 0 Å². The van der Waals surface area contributed by atoms with E-state index in [1.807, 2.05) is 36.6 Å². The summed E-state index contributed by atoms with van der Waals surface area (Å²) in [6, 6.07) is 14.2. The number of pyridine rings is 1. The van der Waals surface area contributed by atoms with Crippen molar-refractivity contribution in [3.63, 3.8) is 0 Å². The van der Waals surface area contributed by atoms with Gasteiger partial charge in [-0.05, 0) is 35.7 Å². The van der Waals surface area contributed by atoms with Crippen LogP contribution >= 0.6 is 34.9 Å². The Morgan fingerprint density at radius 3 is 2.63 bits per heavy atom. The van der Waals surface area contributed by atoms with Crippen LogP contribution in [0.1, 0.15) is 5.56 Å². The second-order valence-electron chi connectivity index (χ2n) is 6.23. The van der Waals surface area contributed by atoms with Gasteiger partial charge in [0, 0.05) is 18.0 Å². The normalized spacial score (nSPS) is 11.2. The van der Waals surface area contributed by atoms with Crippen LogP contribution in [0.25, 0.3) is 21.7 Å². The predicted octanol–water partition coefficient (Wildman–Crippen LogP) is 4.66. The minimum absolute atomic E-state index is 0.654. The summed E-state index contributed by atoms with van der Waals surface area (Å²) in [5.41, 5.74) is 2.85. The smallest absolute Gasteiger partial charge is 0.198 e. The molecule has 0 saturated heterocycles. The van der Waals surface area contributed by atoms with Crippen molar-refractivity contribution in [2.24, 2.45) is 0 Å². The number of hydrogen-bond donors (Lipinski definition) is 0. The molecule has 148 valence electrons. The highest BCUT2D eigenvalue weighted by Gasteiger charge is 2.19. The maximum absolute atomic E-state index is 4.54. The summed E-state index contributed by atoms with van der Waals surface area (Å²) in [4.78, 5) is 17.5. The molecule has 0 saturated carbocycles. The molecule has 0 fully saturated rings. The van der Waals surface area contributed by atoms with Gasteiger partial charge in [0.15, 0.2) is 21.0 Å². The molecule has 0 unspecified atom stereocenters. The van der Waals surface area contributed by atoms with Crippen LogP contribution in [0.2, 0.25) is 0 Å². The maximum atomic E-state index is 4.54. The monoisotopic (exact) mass is 449 g/mol. The second-order valence-corrected chi connectivity index (χ2v) is 9.24. The molecule has 0 atom stereocenters. The Bertz CT molecular complexity index is 1290. The van der Waals surface area contributed by atoms with Gasteiger partial charge < -0.3 is 0 Å². The van der Waals surface area contributed by atoms with E-state index in [0.29, 0.717) is 12.2 Å². The first-order valence-electron chi connectivity index (χ1n) is 9.03. The lowest BCUT2D eigenvalue weighted by Gasteiger charge is -2.10. The van der Waals surface area contributed by atoms with Crippen molar-refractivity contribution in [1.82, 2.24) is 34.7 Å². The van der Waals surface area contributed by atoms with E-state index in [2.05, 4.69) is 46.8 Å². The molecule has 1 aromatic carbocycles. The van der Waals surface area contributed by atoms with Gasteiger partial charge in [-0.2, -0.15) is 0 Å². The standard InChI is InChI=1S/C20H15N7S3/c1-28-20-24-16-15(29-20)18(23-12-22-16)30-19-26-25-17(14-7-9-21-10-8-14)27(19)11-13-5-3-2-4-6-13/h2-10,12H,11H2,1H3. The minimum atomic E-state index is 0.654. The lowest BCUT2D eigenvalue weighted by molar-refractivity contribution is 0.714. The Morgan fingerprint density at radius 1 is 1.00 bits per heavy atom. The quantitative estimate of drug-likeness (QED) is 0.273. The Morgan fingerprint density at radius 2 is 1.83 bits per heavy atom. The molecule has 0 amide bonds. The van der Waals surface area contributed by atoms with Gasteiger partial charge >= 0.3 is 0 Å². The van der Waals surface area contributed by atoms with E-state index in [0.717, 1.165) is 30.6 Å². The molecule has 4 aromatic heterocycles. The third-order valence-corrected chi connectivity index (χ3v) is 7.49. The fourth-order valence-electron chi connectivity index (χ4n) is 2.95. The third kappa shape index (κ3) is 3.81. The van der Waals surface area contributed by atoms with Gasteiger partial charge in [0.1, 0.15) is 16.1 Å². The van der Waals surface area contributed by atoms with Crippen molar-refractivity contribution in [3.8, 4) is 11.4 Å². The molecule has 0 bridgehead atoms. The van der Waals surface area contributed by atoms with E-state index in [-0.39, 0.29) is 0 Å². The summed E-state index contributed by atoms with van der Waals surface area (Å²) < 4.78 is 4.04. The largest absolute Gasteiger partial charge is 0.297 e. The number of benzene rings is 1. The zero-order valence-corrected chi connectivity index (χ0v) is 18.3. The highest BCUT2D eigenvalue weighted by Crippen LogP contribution is 2.36. The summed E-state index contributed by atoms with van der Waals surface area (Å²) in [6.07, 6.45) is 7.09. The van der Waals surface area contributed by atoms with Crippen molar-refractivity contribution in [3.05, 3.63) is 66.7 Å². The molecule has 4 heterocycles. The van der Waals surface area contributed by atoms with Crippen molar-refractivity contribution in [2.45, 2.75) is 21.1 Å². The predicted molar refractivity (Wildman–Crippen MR) is 120 cm³/mol. The summed E-state index contributed by atoms with van der Waals surface area (Å²) >= 11 is 4.69. The third-order valence-electron chi connectivity index (χ3n) is 4.34. The first-order chi connectivity index (χ1) is 14.8. The minimum Gasteiger partial charge on any atom is -0.297 e. The van der Waals surface area contributed by atoms with E-state index >= 15 is 0 Å². The Kier molecular flexibility index (Phi) is 5.43. The van der Waals surface area contributed by atoms with Crippen molar-refractivity contribution in [1.29, 1.82) is 0 Å². The zero-order chi connectivity index (χ0) is 20.3. The average molecular weight is 450 g/mol. The lowest BCUT2D eigenvalue weighted by atomic mass is 10.2. The molecule has 30 heavy (non-hydrogen) atoms. The van der Waals surface area contributed by atoms with Crippen LogP contribution in [0.4, 0.5) is 0 Å². The van der Waals surface area contributed by atoms with Gasteiger partial charge in [-0.3, -0.25) is 9.55 Å². The number of rotatable bonds is 6. The first-order valence-corrected chi connectivity index (χ1v) is 11.9. The number of hydrogen-bond acceptors (Lipinski definition) is 9. The van der Waals surface area contributed by atoms with Crippen LogP contribution in [0.15, 0.2) is 75.7 Å². The van der Waals surface area contributed by atoms with E-state index in [1.54, 1.807) is 41.8 Å². The van der Waals surface area contributed by atoms with Crippen molar-refractivity contribution in [2.75, 3.05) is 6.26 Å². The SMILES string of the molecule is CSc1nc2ncnc(Sc3nnc(-c4ccncc4)n3Cc3ccccc3)c2s1. The number of fused-ring (bicyclic) bond motifs is 1. The number of thioether (sulfide) groups is 1. The van der Waals surface area contributed by atoms with Gasteiger partial charge in [0.05, 0.1) is 6.54 Å². The van der Waals surface area contributed by atoms with Gasteiger partial charge in [0.2, 0.25) is 0 Å². The first kappa shape index (κ1) is 19.2. The van der Waals surface area contributed by atoms with Crippen LogP contribution in [-0.4, -0.2) is 41.0 Å². The molecular formula is C20H15N7S3. The van der Waals surface area contributed by atoms with Crippen LogP contribution < -0.4 is 0 Å². The molecule has 10 heteroatoms. The van der Waals surface area contributed by atoms with Crippen LogP contribution in [0.5, 0.6) is 0 Å². The molecule has 7 nitrogen and oxygen atoms in total. The van der Waals surface area contributed by atoms with Crippen LogP contribution in [0.3, 0.4) is 0 Å². The molecule has 0 aliphatic carbocycles. The van der Waals surface area contributed by atoms with Gasteiger partial charge in [-0.25, -0.2) is 15.0 Å². The summed E-state index contributed by atoms with van der Waals surface area (Å²) in [5.74, 6) is 0.795. The molecule has 0 N–H and O–H groups in total. The maximum Gasteiger partial charge on any atom is 0.198 e. The van der Waals surface area contributed by atoms with Gasteiger partial charge in [-0.15, -0.1) is 21.5 Å². The Balaban J connectivity index is 1.58. The van der Waals surface area contributed by atoms with E-state index in [9.17, 15) is 0 Å². The zero-order valence-electron chi connectivity index (χ0n) is 15.8. The molecule has 0 radical (unpaired) electrons. The Labute approximate surface area is 185 Å². The molecule has 0 aliphatic rings. The fourth-order valence-corrected chi connectivity index (χ4v) is 5.40. The summed E-state index contributed by atoms with van der Waals surface area (Å²) in [7, 11) is 0. The molecular weight excluding hydrogens is 434 g/mol. The highest BCUT2D eigenvalue weighted by atomic mass is 32.2. The topological polar surface area (TPSA) is 82.3 Å². The molecule has 5 aromatic rings. The molecule has 0 aliphatic heterocycles. The van der Waals surface area contributed by atoms with Crippen LogP contribution in [-0.2, 0) is 6.54 Å². The van der Waals surface area contributed by atoms with E-state index in [1.165, 1.54) is 17.3 Å². The van der Waals surface area contributed by atoms with Gasteiger partial charge in [0.25, 0.3) is 0 Å². The lowest BCUT2D eigenvalue weighted by Crippen LogP contribution is -2.04. The molecule has 0 spiro atoms. The van der Waals surface area contributed by atoms with Gasteiger partial charge in [-0.1, -0.05) is 42.1 Å².